The third kappa shape index (κ3) is 3.70. The zero-order chi connectivity index (χ0) is 17.0. The summed E-state index contributed by atoms with van der Waals surface area (Å²) in [6, 6.07) is 7.19. The van der Waals surface area contributed by atoms with E-state index in [1.54, 1.807) is 19.1 Å². The van der Waals surface area contributed by atoms with Gasteiger partial charge in [-0.15, -0.1) is 0 Å². The molecule has 6 heteroatoms. The second-order valence-corrected chi connectivity index (χ2v) is 5.89. The molecular weight excluding hydrogens is 294 g/mol. The molecule has 1 aliphatic rings. The number of benzene rings is 1. The van der Waals surface area contributed by atoms with Crippen LogP contribution in [-0.2, 0) is 9.53 Å². The first kappa shape index (κ1) is 17.0. The average Bonchev–Trinajstić information content (AvgIpc) is 3.00. The van der Waals surface area contributed by atoms with Crippen molar-refractivity contribution in [3.63, 3.8) is 0 Å². The van der Waals surface area contributed by atoms with E-state index >= 15 is 0 Å². The maximum atomic E-state index is 12.4. The smallest absolute Gasteiger partial charge is 0.331 e. The molecule has 6 nitrogen and oxygen atoms in total. The van der Waals surface area contributed by atoms with Crippen molar-refractivity contribution in [2.75, 3.05) is 18.7 Å². The van der Waals surface area contributed by atoms with Crippen LogP contribution in [0, 0.1) is 0 Å². The van der Waals surface area contributed by atoms with Gasteiger partial charge in [-0.1, -0.05) is 6.92 Å². The lowest BCUT2D eigenvalue weighted by molar-refractivity contribution is -0.147. The second-order valence-electron chi connectivity index (χ2n) is 5.89. The summed E-state index contributed by atoms with van der Waals surface area (Å²) in [5, 5.41) is 9.10. The number of ether oxygens (including phenoxy) is 1. The molecule has 1 aromatic rings. The van der Waals surface area contributed by atoms with Crippen molar-refractivity contribution in [3.8, 4) is 0 Å². The lowest BCUT2D eigenvalue weighted by Crippen LogP contribution is -2.52. The van der Waals surface area contributed by atoms with Crippen LogP contribution >= 0.6 is 0 Å². The predicted octanol–water partition coefficient (Wildman–Crippen LogP) is 2.34. The molecule has 1 heterocycles. The number of hydrazone groups is 1. The number of nitrogens with one attached hydrogen (secondary N) is 1. The maximum Gasteiger partial charge on any atom is 0.331 e. The third-order valence-electron chi connectivity index (χ3n) is 4.14. The zero-order valence-electron chi connectivity index (χ0n) is 14.0. The average molecular weight is 317 g/mol. The Bertz CT molecular complexity index is 624. The van der Waals surface area contributed by atoms with E-state index in [-0.39, 0.29) is 5.91 Å². The number of amides is 1. The first-order valence-electron chi connectivity index (χ1n) is 7.72. The fourth-order valence-electron chi connectivity index (χ4n) is 2.38. The number of carbonyl (C=O) groups is 2. The lowest BCUT2D eigenvalue weighted by atomic mass is 9.98. The molecule has 0 bridgehead atoms. The molecule has 0 aliphatic carbocycles. The quantitative estimate of drug-likeness (QED) is 0.846. The molecule has 1 aromatic carbocycles. The number of esters is 1. The van der Waals surface area contributed by atoms with Gasteiger partial charge >= 0.3 is 5.97 Å². The molecule has 1 amide bonds. The topological polar surface area (TPSA) is 71.0 Å². The van der Waals surface area contributed by atoms with Gasteiger partial charge in [0.1, 0.15) is 5.54 Å². The van der Waals surface area contributed by atoms with Gasteiger partial charge in [0.2, 0.25) is 0 Å². The normalized spacial score (nSPS) is 16.5. The fourth-order valence-corrected chi connectivity index (χ4v) is 2.38. The zero-order valence-corrected chi connectivity index (χ0v) is 14.0. The van der Waals surface area contributed by atoms with E-state index < -0.39 is 11.5 Å². The van der Waals surface area contributed by atoms with Crippen LogP contribution in [0.3, 0.4) is 0 Å². The van der Waals surface area contributed by atoms with Crippen LogP contribution < -0.4 is 10.3 Å². The molecule has 2 rings (SSSR count). The number of rotatable bonds is 5. The van der Waals surface area contributed by atoms with Crippen LogP contribution in [0.1, 0.15) is 44.0 Å². The Kier molecular flexibility index (Phi) is 5.03. The van der Waals surface area contributed by atoms with Crippen LogP contribution in [0.4, 0.5) is 5.69 Å². The number of methoxy groups -OCH3 is 1. The van der Waals surface area contributed by atoms with E-state index in [4.69, 9.17) is 4.74 Å². The van der Waals surface area contributed by atoms with E-state index in [1.165, 1.54) is 7.11 Å². The molecular formula is C17H23N3O3. The van der Waals surface area contributed by atoms with Crippen LogP contribution in [0.2, 0.25) is 0 Å². The highest BCUT2D eigenvalue weighted by atomic mass is 16.5. The second kappa shape index (κ2) is 6.81. The first-order valence-corrected chi connectivity index (χ1v) is 7.72. The summed E-state index contributed by atoms with van der Waals surface area (Å²) < 4.78 is 4.76. The lowest BCUT2D eigenvalue weighted by Gasteiger charge is -2.26. The van der Waals surface area contributed by atoms with Gasteiger partial charge in [-0.3, -0.25) is 9.80 Å². The Morgan fingerprint density at radius 2 is 2.00 bits per heavy atom. The van der Waals surface area contributed by atoms with Gasteiger partial charge in [-0.05, 0) is 44.5 Å². The monoisotopic (exact) mass is 317 g/mol. The van der Waals surface area contributed by atoms with Gasteiger partial charge in [0.05, 0.1) is 12.8 Å². The molecule has 0 fully saturated rings. The first-order chi connectivity index (χ1) is 10.9. The number of hydrogen-bond donors (Lipinski definition) is 1. The van der Waals surface area contributed by atoms with Crippen LogP contribution in [0.25, 0.3) is 0 Å². The summed E-state index contributed by atoms with van der Waals surface area (Å²) in [6.07, 6.45) is 1.40. The molecule has 1 unspecified atom stereocenters. The Hall–Kier alpha value is -2.37. The Morgan fingerprint density at radius 1 is 1.35 bits per heavy atom. The highest BCUT2D eigenvalue weighted by Gasteiger charge is 2.34. The Labute approximate surface area is 136 Å². The van der Waals surface area contributed by atoms with Gasteiger partial charge < -0.3 is 10.1 Å². The number of carbonyl (C=O) groups excluding carboxylic acids is 2. The van der Waals surface area contributed by atoms with Crippen molar-refractivity contribution in [3.05, 3.63) is 29.8 Å². The highest BCUT2D eigenvalue weighted by Crippen LogP contribution is 2.20. The predicted molar refractivity (Wildman–Crippen MR) is 89.7 cm³/mol. The van der Waals surface area contributed by atoms with Crippen LogP contribution in [0.15, 0.2) is 29.4 Å². The Balaban J connectivity index is 2.10. The third-order valence-corrected chi connectivity index (χ3v) is 4.14. The van der Waals surface area contributed by atoms with Gasteiger partial charge in [-0.25, -0.2) is 4.79 Å². The number of hydrogen-bond acceptors (Lipinski definition) is 5. The molecule has 1 aliphatic heterocycles. The molecule has 0 saturated heterocycles. The van der Waals surface area contributed by atoms with E-state index in [1.807, 2.05) is 31.0 Å². The van der Waals surface area contributed by atoms with Gasteiger partial charge in [-0.2, -0.15) is 5.10 Å². The van der Waals surface area contributed by atoms with E-state index in [0.717, 1.165) is 24.4 Å². The molecule has 0 spiro atoms. The molecule has 1 N–H and O–H groups in total. The number of anilines is 1. The largest absolute Gasteiger partial charge is 0.467 e. The summed E-state index contributed by atoms with van der Waals surface area (Å²) in [7, 11) is 1.32. The fraction of sp³-hybridized carbons (Fsp3) is 0.471. The minimum Gasteiger partial charge on any atom is -0.467 e. The van der Waals surface area contributed by atoms with E-state index in [2.05, 4.69) is 10.4 Å². The maximum absolute atomic E-state index is 12.4. The highest BCUT2D eigenvalue weighted by molar-refractivity contribution is 5.98. The summed E-state index contributed by atoms with van der Waals surface area (Å²) in [4.78, 5) is 24.2. The van der Waals surface area contributed by atoms with Crippen molar-refractivity contribution < 1.29 is 14.3 Å². The van der Waals surface area contributed by atoms with Gasteiger partial charge in [0, 0.05) is 24.2 Å². The molecule has 0 aromatic heterocycles. The van der Waals surface area contributed by atoms with Crippen molar-refractivity contribution in [2.45, 2.75) is 39.2 Å². The van der Waals surface area contributed by atoms with E-state index in [9.17, 15) is 9.59 Å². The molecule has 1 atom stereocenters. The molecule has 0 radical (unpaired) electrons. The standard InChI is InChI=1S/C17H23N3O3/c1-5-17(3,16(22)23-4)18-15(21)13-6-8-14(9-7-13)20-11-10-12(2)19-20/h6-9H,5,10-11H2,1-4H3,(H,18,21). The molecule has 23 heavy (non-hydrogen) atoms. The van der Waals surface area contributed by atoms with Crippen LogP contribution in [-0.4, -0.2) is 36.8 Å². The molecule has 0 saturated carbocycles. The van der Waals surface area contributed by atoms with E-state index in [0.29, 0.717) is 12.0 Å². The van der Waals surface area contributed by atoms with Crippen molar-refractivity contribution in [1.29, 1.82) is 0 Å². The van der Waals surface area contributed by atoms with Crippen molar-refractivity contribution >= 4 is 23.3 Å². The van der Waals surface area contributed by atoms with Crippen molar-refractivity contribution in [2.24, 2.45) is 5.10 Å². The SMILES string of the molecule is CCC(C)(NC(=O)c1ccc(N2CCC(C)=N2)cc1)C(=O)OC. The van der Waals surface area contributed by atoms with Gasteiger partial charge in [0.25, 0.3) is 5.91 Å². The summed E-state index contributed by atoms with van der Waals surface area (Å²) in [6.45, 7) is 6.34. The number of nitrogens with zero attached hydrogens (tertiary/aromatic N) is 2. The molecule has 124 valence electrons. The summed E-state index contributed by atoms with van der Waals surface area (Å²) in [5.74, 6) is -0.751. The summed E-state index contributed by atoms with van der Waals surface area (Å²) in [5.41, 5.74) is 1.52. The van der Waals surface area contributed by atoms with Crippen LogP contribution in [0.5, 0.6) is 0 Å². The van der Waals surface area contributed by atoms with Crippen molar-refractivity contribution in [1.82, 2.24) is 5.32 Å². The minimum absolute atomic E-state index is 0.299. The minimum atomic E-state index is -1.03. The van der Waals surface area contributed by atoms with Gasteiger partial charge in [0.15, 0.2) is 0 Å². The Morgan fingerprint density at radius 3 is 2.48 bits per heavy atom. The summed E-state index contributed by atoms with van der Waals surface area (Å²) >= 11 is 0.